The number of para-hydroxylation sites is 1. The number of carbonyl (C=O) groups excluding carboxylic acids is 1. The Morgan fingerprint density at radius 3 is 2.79 bits per heavy atom. The summed E-state index contributed by atoms with van der Waals surface area (Å²) < 4.78 is 5.15. The second-order valence-electron chi connectivity index (χ2n) is 6.80. The number of aromatic amines is 1. The number of ether oxygens (including phenoxy) is 1. The molecule has 0 bridgehead atoms. The molecule has 3 aromatic rings. The van der Waals surface area contributed by atoms with Gasteiger partial charge in [-0.3, -0.25) is 5.10 Å². The Balaban J connectivity index is 1.68. The lowest BCUT2D eigenvalue weighted by molar-refractivity contribution is 0.0518. The Morgan fingerprint density at radius 1 is 1.28 bits per heavy atom. The van der Waals surface area contributed by atoms with Crippen LogP contribution in [0.3, 0.4) is 0 Å². The van der Waals surface area contributed by atoms with E-state index in [0.29, 0.717) is 33.8 Å². The van der Waals surface area contributed by atoms with E-state index in [0.717, 1.165) is 5.69 Å². The molecule has 0 saturated heterocycles. The number of benzene rings is 1. The van der Waals surface area contributed by atoms with Crippen LogP contribution in [0.4, 0.5) is 23.3 Å². The first-order valence-electron chi connectivity index (χ1n) is 9.44. The van der Waals surface area contributed by atoms with Crippen LogP contribution in [0.5, 0.6) is 0 Å². The summed E-state index contributed by atoms with van der Waals surface area (Å²) in [6.45, 7) is 3.77. The van der Waals surface area contributed by atoms with Crippen LogP contribution in [0.1, 0.15) is 47.4 Å². The largest absolute Gasteiger partial charge is 0.461 e. The molecule has 0 atom stereocenters. The average molecular weight is 413 g/mol. The van der Waals surface area contributed by atoms with Crippen LogP contribution in [0.15, 0.2) is 30.3 Å². The van der Waals surface area contributed by atoms with Crippen molar-refractivity contribution >= 4 is 40.8 Å². The van der Waals surface area contributed by atoms with E-state index < -0.39 is 5.97 Å². The third kappa shape index (κ3) is 4.32. The molecule has 0 amide bonds. The molecule has 2 heterocycles. The Hall–Kier alpha value is -3.13. The van der Waals surface area contributed by atoms with Crippen LogP contribution in [-0.2, 0) is 4.74 Å². The number of H-pyrrole nitrogens is 1. The van der Waals surface area contributed by atoms with Gasteiger partial charge in [0, 0.05) is 23.2 Å². The van der Waals surface area contributed by atoms with E-state index in [1.165, 1.54) is 12.8 Å². The number of hydrogen-bond donors (Lipinski definition) is 3. The van der Waals surface area contributed by atoms with Crippen molar-refractivity contribution < 1.29 is 9.53 Å². The number of anilines is 4. The Bertz CT molecular complexity index is 1050. The normalized spacial score (nSPS) is 13.2. The maximum atomic E-state index is 12.4. The molecule has 0 aliphatic heterocycles. The highest BCUT2D eigenvalue weighted by Gasteiger charge is 2.26. The third-order valence-corrected chi connectivity index (χ3v) is 4.93. The number of esters is 1. The zero-order valence-electron chi connectivity index (χ0n) is 16.1. The lowest BCUT2D eigenvalue weighted by Crippen LogP contribution is -2.14. The summed E-state index contributed by atoms with van der Waals surface area (Å²) in [4.78, 5) is 21.3. The van der Waals surface area contributed by atoms with E-state index in [2.05, 4.69) is 30.8 Å². The van der Waals surface area contributed by atoms with E-state index in [-0.39, 0.29) is 18.2 Å². The van der Waals surface area contributed by atoms with Crippen LogP contribution < -0.4 is 10.6 Å². The highest BCUT2D eigenvalue weighted by Crippen LogP contribution is 2.39. The molecule has 9 heteroatoms. The molecule has 1 aliphatic rings. The Kier molecular flexibility index (Phi) is 5.35. The predicted molar refractivity (Wildman–Crippen MR) is 111 cm³/mol. The number of carbonyl (C=O) groups is 1. The van der Waals surface area contributed by atoms with Gasteiger partial charge in [-0.2, -0.15) is 10.1 Å². The van der Waals surface area contributed by atoms with E-state index in [4.69, 9.17) is 16.3 Å². The fourth-order valence-electron chi connectivity index (χ4n) is 2.90. The van der Waals surface area contributed by atoms with Gasteiger partial charge in [0.2, 0.25) is 5.95 Å². The van der Waals surface area contributed by atoms with Crippen molar-refractivity contribution in [2.24, 2.45) is 0 Å². The van der Waals surface area contributed by atoms with E-state index in [1.807, 2.05) is 18.2 Å². The molecule has 1 fully saturated rings. The van der Waals surface area contributed by atoms with Gasteiger partial charge in [0.15, 0.2) is 11.5 Å². The maximum Gasteiger partial charge on any atom is 0.357 e. The minimum absolute atomic E-state index is 0.178. The van der Waals surface area contributed by atoms with Crippen molar-refractivity contribution in [3.05, 3.63) is 52.3 Å². The summed E-state index contributed by atoms with van der Waals surface area (Å²) >= 11 is 6.23. The summed E-state index contributed by atoms with van der Waals surface area (Å²) in [5, 5.41) is 14.1. The van der Waals surface area contributed by atoms with Gasteiger partial charge in [0.25, 0.3) is 0 Å². The molecule has 0 spiro atoms. The molecule has 1 aromatic carbocycles. The monoisotopic (exact) mass is 412 g/mol. The number of rotatable bonds is 7. The fourth-order valence-corrected chi connectivity index (χ4v) is 3.08. The molecule has 150 valence electrons. The maximum absolute atomic E-state index is 12.4. The van der Waals surface area contributed by atoms with Crippen molar-refractivity contribution in [2.45, 2.75) is 32.6 Å². The molecule has 1 aliphatic carbocycles. The zero-order valence-corrected chi connectivity index (χ0v) is 16.9. The molecule has 8 nitrogen and oxygen atoms in total. The molecular weight excluding hydrogens is 392 g/mol. The van der Waals surface area contributed by atoms with E-state index >= 15 is 0 Å². The first kappa shape index (κ1) is 19.2. The number of nitrogens with one attached hydrogen (secondary N) is 3. The van der Waals surface area contributed by atoms with Crippen LogP contribution in [-0.4, -0.2) is 32.7 Å². The molecule has 29 heavy (non-hydrogen) atoms. The topological polar surface area (TPSA) is 105 Å². The van der Waals surface area contributed by atoms with Crippen molar-refractivity contribution in [3.63, 3.8) is 0 Å². The highest BCUT2D eigenvalue weighted by molar-refractivity contribution is 6.33. The average Bonchev–Trinajstić information content (AvgIpc) is 3.45. The molecule has 3 N–H and O–H groups in total. The number of hydrogen-bond acceptors (Lipinski definition) is 7. The lowest BCUT2D eigenvalue weighted by Gasteiger charge is -2.13. The summed E-state index contributed by atoms with van der Waals surface area (Å²) in [5.41, 5.74) is 2.48. The third-order valence-electron chi connectivity index (χ3n) is 4.60. The van der Waals surface area contributed by atoms with Gasteiger partial charge < -0.3 is 15.4 Å². The van der Waals surface area contributed by atoms with Crippen LogP contribution in [0.25, 0.3) is 0 Å². The van der Waals surface area contributed by atoms with Crippen molar-refractivity contribution in [1.29, 1.82) is 0 Å². The van der Waals surface area contributed by atoms with Gasteiger partial charge in [-0.1, -0.05) is 23.7 Å². The summed E-state index contributed by atoms with van der Waals surface area (Å²) in [5.74, 6) is 1.36. The predicted octanol–water partition coefficient (Wildman–Crippen LogP) is 4.70. The van der Waals surface area contributed by atoms with Gasteiger partial charge >= 0.3 is 5.97 Å². The smallest absolute Gasteiger partial charge is 0.357 e. The lowest BCUT2D eigenvalue weighted by atomic mass is 10.2. The van der Waals surface area contributed by atoms with Crippen molar-refractivity contribution in [3.8, 4) is 0 Å². The van der Waals surface area contributed by atoms with Crippen molar-refractivity contribution in [2.75, 3.05) is 17.2 Å². The first-order chi connectivity index (χ1) is 14.0. The first-order valence-corrected chi connectivity index (χ1v) is 9.82. The SMILES string of the molecule is CCOC(=O)c1nc(Nc2ccccc2Cl)nc(Nc2cc(C3CC3)[nH]n2)c1C. The van der Waals surface area contributed by atoms with Gasteiger partial charge in [0.05, 0.1) is 17.3 Å². The van der Waals surface area contributed by atoms with E-state index in [9.17, 15) is 4.79 Å². The van der Waals surface area contributed by atoms with Crippen molar-refractivity contribution in [1.82, 2.24) is 20.2 Å². The Morgan fingerprint density at radius 2 is 2.07 bits per heavy atom. The second-order valence-corrected chi connectivity index (χ2v) is 7.21. The standard InChI is InChI=1S/C20H21ClN6O2/c1-3-29-19(28)17-11(2)18(23-16-10-15(26-27-16)12-8-9-12)25-20(24-17)22-14-7-5-4-6-13(14)21/h4-7,10,12H,3,8-9H2,1-2H3,(H3,22,23,24,25,26,27). The summed E-state index contributed by atoms with van der Waals surface area (Å²) in [6.07, 6.45) is 2.35. The van der Waals surface area contributed by atoms with Gasteiger partial charge in [0.1, 0.15) is 5.82 Å². The van der Waals surface area contributed by atoms with Gasteiger partial charge in [-0.05, 0) is 38.8 Å². The molecular formula is C20H21ClN6O2. The summed E-state index contributed by atoms with van der Waals surface area (Å²) in [6, 6.07) is 9.20. The number of aromatic nitrogens is 4. The van der Waals surface area contributed by atoms with Crippen LogP contribution in [0, 0.1) is 6.92 Å². The number of halogens is 1. The second kappa shape index (κ2) is 8.08. The van der Waals surface area contributed by atoms with Crippen LogP contribution >= 0.6 is 11.6 Å². The zero-order chi connectivity index (χ0) is 20.4. The minimum atomic E-state index is -0.515. The number of nitrogens with zero attached hydrogens (tertiary/aromatic N) is 3. The van der Waals surface area contributed by atoms with Gasteiger partial charge in [-0.15, -0.1) is 0 Å². The van der Waals surface area contributed by atoms with Gasteiger partial charge in [-0.25, -0.2) is 9.78 Å². The quantitative estimate of drug-likeness (QED) is 0.483. The Labute approximate surface area is 173 Å². The van der Waals surface area contributed by atoms with E-state index in [1.54, 1.807) is 26.0 Å². The molecule has 1 saturated carbocycles. The summed E-state index contributed by atoms with van der Waals surface area (Å²) in [7, 11) is 0. The molecule has 0 radical (unpaired) electrons. The fraction of sp³-hybridized carbons (Fsp3) is 0.300. The highest BCUT2D eigenvalue weighted by atomic mass is 35.5. The minimum Gasteiger partial charge on any atom is -0.461 e. The molecule has 4 rings (SSSR count). The van der Waals surface area contributed by atoms with Crippen LogP contribution in [0.2, 0.25) is 5.02 Å². The molecule has 0 unspecified atom stereocenters. The molecule has 2 aromatic heterocycles.